The lowest BCUT2D eigenvalue weighted by atomic mass is 9.94. The Kier molecular flexibility index (Phi) is 6.91. The van der Waals surface area contributed by atoms with E-state index in [9.17, 15) is 28.6 Å². The molecular weight excluding hydrogens is 472 g/mol. The predicted octanol–water partition coefficient (Wildman–Crippen LogP) is 5.09. The fraction of sp³-hybridized carbons (Fsp3) is 0.185. The maximum Gasteiger partial charge on any atom is 0.300 e. The number of carbonyl (C=O) groups excluding carboxylic acids is 2. The lowest BCUT2D eigenvalue weighted by molar-refractivity contribution is -0.132. The first kappa shape index (κ1) is 24.7. The van der Waals surface area contributed by atoms with Crippen LogP contribution in [0.25, 0.3) is 5.76 Å². The van der Waals surface area contributed by atoms with Crippen molar-refractivity contribution in [2.24, 2.45) is 0 Å². The third-order valence-corrected chi connectivity index (χ3v) is 5.72. The van der Waals surface area contributed by atoms with Crippen LogP contribution in [0.15, 0.2) is 66.2 Å². The molecule has 1 unspecified atom stereocenters. The molecule has 7 nitrogen and oxygen atoms in total. The zero-order chi connectivity index (χ0) is 26.0. The number of Topliss-reactive ketones (excluding diaryl/α,β-unsaturated/α-hetero) is 1. The van der Waals surface area contributed by atoms with Gasteiger partial charge in [-0.15, -0.1) is 0 Å². The zero-order valence-electron chi connectivity index (χ0n) is 19.5. The van der Waals surface area contributed by atoms with E-state index in [4.69, 9.17) is 9.47 Å². The van der Waals surface area contributed by atoms with Crippen LogP contribution in [0.3, 0.4) is 0 Å². The topological polar surface area (TPSA) is 96.3 Å². The van der Waals surface area contributed by atoms with Gasteiger partial charge in [0.15, 0.2) is 23.1 Å². The van der Waals surface area contributed by atoms with E-state index in [0.717, 1.165) is 29.5 Å². The quantitative estimate of drug-likeness (QED) is 0.269. The Labute approximate surface area is 205 Å². The lowest BCUT2D eigenvalue weighted by Gasteiger charge is -2.26. The number of anilines is 1. The minimum absolute atomic E-state index is 0.101. The van der Waals surface area contributed by atoms with Gasteiger partial charge in [0.25, 0.3) is 11.7 Å². The number of hydrogen-bond donors (Lipinski definition) is 2. The molecule has 1 heterocycles. The number of ether oxygens (including phenoxy) is 2. The summed E-state index contributed by atoms with van der Waals surface area (Å²) in [5.74, 6) is -4.59. The zero-order valence-corrected chi connectivity index (χ0v) is 19.5. The van der Waals surface area contributed by atoms with Crippen LogP contribution < -0.4 is 14.4 Å². The Bertz CT molecular complexity index is 1370. The number of aliphatic hydroxyl groups excluding tert-OH is 1. The van der Waals surface area contributed by atoms with Gasteiger partial charge in [-0.3, -0.25) is 14.5 Å². The van der Waals surface area contributed by atoms with E-state index in [1.165, 1.54) is 31.4 Å². The number of ketones is 1. The van der Waals surface area contributed by atoms with Crippen LogP contribution in [0, 0.1) is 11.6 Å². The van der Waals surface area contributed by atoms with Gasteiger partial charge in [0.1, 0.15) is 11.5 Å². The molecule has 1 atom stereocenters. The number of halogens is 2. The first-order chi connectivity index (χ1) is 17.3. The average Bonchev–Trinajstić information content (AvgIpc) is 3.14. The molecule has 0 bridgehead atoms. The second kappa shape index (κ2) is 10.1. The summed E-state index contributed by atoms with van der Waals surface area (Å²) in [6.07, 6.45) is 0.760. The van der Waals surface area contributed by atoms with Gasteiger partial charge >= 0.3 is 0 Å². The monoisotopic (exact) mass is 495 g/mol. The summed E-state index contributed by atoms with van der Waals surface area (Å²) in [6, 6.07) is 12.1. The van der Waals surface area contributed by atoms with Crippen molar-refractivity contribution >= 4 is 23.1 Å². The molecule has 1 amide bonds. The second-order valence-corrected chi connectivity index (χ2v) is 8.08. The highest BCUT2D eigenvalue weighted by Crippen LogP contribution is 2.44. The first-order valence-corrected chi connectivity index (χ1v) is 11.1. The Hall–Kier alpha value is -4.40. The van der Waals surface area contributed by atoms with Crippen molar-refractivity contribution in [3.8, 4) is 17.2 Å². The van der Waals surface area contributed by atoms with Crippen molar-refractivity contribution in [3.63, 3.8) is 0 Å². The highest BCUT2D eigenvalue weighted by molar-refractivity contribution is 6.51. The van der Waals surface area contributed by atoms with E-state index < -0.39 is 35.1 Å². The third-order valence-electron chi connectivity index (χ3n) is 5.72. The van der Waals surface area contributed by atoms with Gasteiger partial charge in [0, 0.05) is 17.3 Å². The molecule has 186 valence electrons. The van der Waals surface area contributed by atoms with Crippen LogP contribution >= 0.6 is 0 Å². The van der Waals surface area contributed by atoms with E-state index >= 15 is 0 Å². The molecule has 4 rings (SSSR count). The van der Waals surface area contributed by atoms with Crippen molar-refractivity contribution in [3.05, 3.63) is 89.0 Å². The van der Waals surface area contributed by atoms with Crippen LogP contribution in [-0.2, 0) is 9.59 Å². The van der Waals surface area contributed by atoms with E-state index in [-0.39, 0.29) is 33.9 Å². The Morgan fingerprint density at radius 1 is 1.03 bits per heavy atom. The summed E-state index contributed by atoms with van der Waals surface area (Å²) >= 11 is 0. The number of rotatable bonds is 7. The lowest BCUT2D eigenvalue weighted by Crippen LogP contribution is -2.29. The van der Waals surface area contributed by atoms with E-state index in [0.29, 0.717) is 12.4 Å². The molecule has 0 spiro atoms. The third kappa shape index (κ3) is 4.47. The number of hydrogen-bond acceptors (Lipinski definition) is 6. The Morgan fingerprint density at radius 3 is 2.47 bits per heavy atom. The van der Waals surface area contributed by atoms with Gasteiger partial charge in [0.05, 0.1) is 25.3 Å². The number of methoxy groups -OCH3 is 1. The van der Waals surface area contributed by atoms with E-state index in [1.54, 1.807) is 18.2 Å². The number of phenolic OH excluding ortho intramolecular Hbond substituents is 1. The summed E-state index contributed by atoms with van der Waals surface area (Å²) in [5, 5.41) is 21.6. The molecule has 36 heavy (non-hydrogen) atoms. The van der Waals surface area contributed by atoms with Gasteiger partial charge in [-0.2, -0.15) is 0 Å². The number of carbonyl (C=O) groups is 2. The first-order valence-electron chi connectivity index (χ1n) is 11.1. The summed E-state index contributed by atoms with van der Waals surface area (Å²) in [7, 11) is 1.36. The van der Waals surface area contributed by atoms with Crippen molar-refractivity contribution in [1.82, 2.24) is 0 Å². The molecule has 0 aromatic heterocycles. The van der Waals surface area contributed by atoms with E-state index in [2.05, 4.69) is 0 Å². The van der Waals surface area contributed by atoms with Gasteiger partial charge in [0.2, 0.25) is 0 Å². The van der Waals surface area contributed by atoms with Crippen LogP contribution in [0.1, 0.15) is 30.5 Å². The number of amides is 1. The predicted molar refractivity (Wildman–Crippen MR) is 128 cm³/mol. The van der Waals surface area contributed by atoms with Crippen molar-refractivity contribution in [2.75, 3.05) is 18.6 Å². The largest absolute Gasteiger partial charge is 0.507 e. The number of aliphatic hydroxyl groups is 1. The number of nitrogens with zero attached hydrogens (tertiary/aromatic N) is 1. The molecule has 1 aliphatic rings. The van der Waals surface area contributed by atoms with Crippen molar-refractivity contribution < 1.29 is 38.1 Å². The number of aromatic hydroxyl groups is 1. The van der Waals surface area contributed by atoms with Crippen molar-refractivity contribution in [1.29, 1.82) is 0 Å². The summed E-state index contributed by atoms with van der Waals surface area (Å²) < 4.78 is 38.4. The van der Waals surface area contributed by atoms with Gasteiger partial charge in [-0.05, 0) is 48.4 Å². The van der Waals surface area contributed by atoms with E-state index in [1.807, 2.05) is 6.92 Å². The van der Waals surface area contributed by atoms with Crippen LogP contribution in [0.2, 0.25) is 0 Å². The highest BCUT2D eigenvalue weighted by Gasteiger charge is 2.47. The van der Waals surface area contributed by atoms with Gasteiger partial charge in [-0.25, -0.2) is 8.78 Å². The SMILES string of the molecule is CCCOc1cccc(/C(O)=C2\C(=O)C(=O)N(c3ccc(F)c(F)c3)C2c2ccc(OC)c(O)c2)c1. The molecule has 9 heteroatoms. The fourth-order valence-electron chi connectivity index (χ4n) is 4.03. The molecule has 3 aromatic rings. The molecule has 1 saturated heterocycles. The van der Waals surface area contributed by atoms with Gasteiger partial charge in [-0.1, -0.05) is 25.1 Å². The minimum Gasteiger partial charge on any atom is -0.507 e. The molecule has 1 fully saturated rings. The highest BCUT2D eigenvalue weighted by atomic mass is 19.2. The molecular formula is C27H23F2NO6. The maximum atomic E-state index is 14.1. The molecule has 0 saturated carbocycles. The molecule has 1 aliphatic heterocycles. The summed E-state index contributed by atoms with van der Waals surface area (Å²) in [6.45, 7) is 2.38. The molecule has 0 radical (unpaired) electrons. The standard InChI is InChI=1S/C27H23F2NO6/c1-3-11-36-18-6-4-5-16(12-18)25(32)23-24(15-7-10-22(35-2)21(31)13-15)30(27(34)26(23)33)17-8-9-19(28)20(29)14-17/h4-10,12-14,24,31-32H,3,11H2,1-2H3/b25-23+. The fourth-order valence-corrected chi connectivity index (χ4v) is 4.03. The van der Waals surface area contributed by atoms with Gasteiger partial charge < -0.3 is 19.7 Å². The maximum absolute atomic E-state index is 14.1. The normalized spacial score (nSPS) is 16.9. The second-order valence-electron chi connectivity index (χ2n) is 8.08. The van der Waals surface area contributed by atoms with Crippen molar-refractivity contribution in [2.45, 2.75) is 19.4 Å². The average molecular weight is 495 g/mol. The van der Waals surface area contributed by atoms with Crippen LogP contribution in [0.5, 0.6) is 17.2 Å². The molecule has 2 N–H and O–H groups in total. The number of phenols is 1. The van der Waals surface area contributed by atoms with Crippen LogP contribution in [-0.4, -0.2) is 35.6 Å². The summed E-state index contributed by atoms with van der Waals surface area (Å²) in [4.78, 5) is 27.3. The molecule has 0 aliphatic carbocycles. The minimum atomic E-state index is -1.26. The summed E-state index contributed by atoms with van der Waals surface area (Å²) in [5.41, 5.74) is 0.0594. The smallest absolute Gasteiger partial charge is 0.300 e. The number of benzene rings is 3. The molecule has 3 aromatic carbocycles. The Morgan fingerprint density at radius 2 is 1.81 bits per heavy atom. The van der Waals surface area contributed by atoms with Crippen LogP contribution in [0.4, 0.5) is 14.5 Å². The Balaban J connectivity index is 1.92.